The molecule has 1 saturated carbocycles. The largest absolute Gasteiger partial charge is 0.230 e. The van der Waals surface area contributed by atoms with Crippen LogP contribution in [-0.2, 0) is 11.0 Å². The van der Waals surface area contributed by atoms with Crippen LogP contribution in [0.4, 0.5) is 0 Å². The summed E-state index contributed by atoms with van der Waals surface area (Å²) in [5.41, 5.74) is 0. The first kappa shape index (κ1) is 11.5. The molecule has 16 heavy (non-hydrogen) atoms. The Kier molecular flexibility index (Phi) is 4.28. The zero-order chi connectivity index (χ0) is 11.2. The molecule has 0 aromatic heterocycles. The molecule has 1 aliphatic carbocycles. The molecule has 0 bridgehead atoms. The molecule has 1 aromatic carbocycles. The van der Waals surface area contributed by atoms with Gasteiger partial charge in [-0.2, -0.15) is 4.40 Å². The van der Waals surface area contributed by atoms with Gasteiger partial charge in [0.15, 0.2) is 11.0 Å². The Labute approximate surface area is 99.4 Å². The summed E-state index contributed by atoms with van der Waals surface area (Å²) in [5, 5.41) is 0. The van der Waals surface area contributed by atoms with Gasteiger partial charge in [-0.1, -0.05) is 37.5 Å². The summed E-state index contributed by atoms with van der Waals surface area (Å²) in [6.07, 6.45) is 8.22. The molecule has 2 rings (SSSR count). The van der Waals surface area contributed by atoms with Crippen LogP contribution in [0.2, 0.25) is 0 Å². The molecule has 0 spiro atoms. The van der Waals surface area contributed by atoms with Gasteiger partial charge in [0.1, 0.15) is 0 Å². The quantitative estimate of drug-likeness (QED) is 0.739. The van der Waals surface area contributed by atoms with Crippen LogP contribution < -0.4 is 0 Å². The number of nitrogens with zero attached hydrogens (tertiary/aromatic N) is 1. The minimum absolute atomic E-state index is 0.543. The van der Waals surface area contributed by atoms with Crippen LogP contribution in [-0.4, -0.2) is 10.4 Å². The number of hydrogen-bond donors (Lipinski definition) is 0. The molecule has 1 aliphatic rings. The number of rotatable bonds is 3. The second kappa shape index (κ2) is 5.94. The molecule has 3 heteroatoms. The van der Waals surface area contributed by atoms with E-state index in [4.69, 9.17) is 0 Å². The Morgan fingerprint density at radius 1 is 1.12 bits per heavy atom. The zero-order valence-corrected chi connectivity index (χ0v) is 10.2. The molecule has 0 heterocycles. The molecule has 0 amide bonds. The maximum absolute atomic E-state index is 11.8. The van der Waals surface area contributed by atoms with Gasteiger partial charge in [-0.3, -0.25) is 0 Å². The lowest BCUT2D eigenvalue weighted by atomic mass is 9.90. The van der Waals surface area contributed by atoms with Gasteiger partial charge in [0, 0.05) is 6.21 Å². The van der Waals surface area contributed by atoms with Gasteiger partial charge in [-0.15, -0.1) is 0 Å². The predicted octanol–water partition coefficient (Wildman–Crippen LogP) is 3.36. The first-order chi connectivity index (χ1) is 7.86. The van der Waals surface area contributed by atoms with Crippen molar-refractivity contribution in [2.24, 2.45) is 10.3 Å². The molecule has 0 saturated heterocycles. The SMILES string of the molecule is O=[S@](/N=C/C1CCCCC1)c1ccccc1. The monoisotopic (exact) mass is 235 g/mol. The molecular weight excluding hydrogens is 218 g/mol. The van der Waals surface area contributed by atoms with E-state index in [1.54, 1.807) is 0 Å². The highest BCUT2D eigenvalue weighted by atomic mass is 32.2. The van der Waals surface area contributed by atoms with E-state index in [1.807, 2.05) is 36.5 Å². The molecule has 0 unspecified atom stereocenters. The predicted molar refractivity (Wildman–Crippen MR) is 67.9 cm³/mol. The Hall–Kier alpha value is -0.960. The Balaban J connectivity index is 1.94. The van der Waals surface area contributed by atoms with Crippen molar-refractivity contribution in [2.45, 2.75) is 37.0 Å². The summed E-state index contributed by atoms with van der Waals surface area (Å²) >= 11 is 0. The molecule has 0 radical (unpaired) electrons. The van der Waals surface area contributed by atoms with E-state index in [-0.39, 0.29) is 0 Å². The molecule has 2 nitrogen and oxygen atoms in total. The van der Waals surface area contributed by atoms with Crippen molar-refractivity contribution in [1.82, 2.24) is 0 Å². The van der Waals surface area contributed by atoms with Crippen molar-refractivity contribution < 1.29 is 4.21 Å². The second-order valence-corrected chi connectivity index (χ2v) is 5.40. The Bertz CT molecular complexity index is 369. The van der Waals surface area contributed by atoms with Crippen molar-refractivity contribution in [3.05, 3.63) is 30.3 Å². The highest BCUT2D eigenvalue weighted by molar-refractivity contribution is 7.83. The smallest absolute Gasteiger partial charge is 0.172 e. The van der Waals surface area contributed by atoms with Gasteiger partial charge in [0.05, 0.1) is 4.90 Å². The van der Waals surface area contributed by atoms with Crippen molar-refractivity contribution in [1.29, 1.82) is 0 Å². The lowest BCUT2D eigenvalue weighted by molar-refractivity contribution is 0.445. The highest BCUT2D eigenvalue weighted by Crippen LogP contribution is 2.22. The average molecular weight is 235 g/mol. The van der Waals surface area contributed by atoms with Gasteiger partial charge < -0.3 is 0 Å². The summed E-state index contributed by atoms with van der Waals surface area (Å²) in [5.74, 6) is 0.543. The number of benzene rings is 1. The van der Waals surface area contributed by atoms with E-state index in [1.165, 1.54) is 32.1 Å². The molecule has 1 fully saturated rings. The van der Waals surface area contributed by atoms with Crippen LogP contribution in [0.1, 0.15) is 32.1 Å². The van der Waals surface area contributed by atoms with Gasteiger partial charge >= 0.3 is 0 Å². The highest BCUT2D eigenvalue weighted by Gasteiger charge is 2.11. The van der Waals surface area contributed by atoms with Crippen LogP contribution in [0.15, 0.2) is 39.6 Å². The Morgan fingerprint density at radius 2 is 1.81 bits per heavy atom. The van der Waals surface area contributed by atoms with Crippen molar-refractivity contribution in [3.8, 4) is 0 Å². The standard InChI is InChI=1S/C13H17NOS/c15-16(13-9-5-2-6-10-13)14-11-12-7-3-1-4-8-12/h2,5-6,9-12H,1,3-4,7-8H2/b14-11+/t16-/m0/s1. The van der Waals surface area contributed by atoms with Crippen molar-refractivity contribution >= 4 is 17.2 Å². The van der Waals surface area contributed by atoms with Crippen LogP contribution in [0.5, 0.6) is 0 Å². The molecule has 1 atom stereocenters. The van der Waals surface area contributed by atoms with Crippen molar-refractivity contribution in [3.63, 3.8) is 0 Å². The zero-order valence-electron chi connectivity index (χ0n) is 9.34. The maximum atomic E-state index is 11.8. The van der Waals surface area contributed by atoms with E-state index in [0.717, 1.165) is 4.90 Å². The summed E-state index contributed by atoms with van der Waals surface area (Å²) in [6.45, 7) is 0. The third-order valence-electron chi connectivity index (χ3n) is 2.96. The lowest BCUT2D eigenvalue weighted by Crippen LogP contribution is -2.07. The minimum Gasteiger partial charge on any atom is -0.230 e. The lowest BCUT2D eigenvalue weighted by Gasteiger charge is -2.16. The van der Waals surface area contributed by atoms with Crippen LogP contribution in [0, 0.1) is 5.92 Å². The van der Waals surface area contributed by atoms with Gasteiger partial charge in [-0.05, 0) is 30.9 Å². The third-order valence-corrected chi connectivity index (χ3v) is 3.95. The molecule has 1 aromatic rings. The fourth-order valence-corrected chi connectivity index (χ4v) is 2.82. The van der Waals surface area contributed by atoms with E-state index in [9.17, 15) is 4.21 Å². The summed E-state index contributed by atoms with van der Waals surface area (Å²) in [4.78, 5) is 0.787. The van der Waals surface area contributed by atoms with Gasteiger partial charge in [0.25, 0.3) is 0 Å². The van der Waals surface area contributed by atoms with E-state index in [2.05, 4.69) is 4.40 Å². The topological polar surface area (TPSA) is 29.4 Å². The number of hydrogen-bond acceptors (Lipinski definition) is 1. The van der Waals surface area contributed by atoms with Crippen LogP contribution >= 0.6 is 0 Å². The fourth-order valence-electron chi connectivity index (χ4n) is 2.02. The Morgan fingerprint density at radius 3 is 2.50 bits per heavy atom. The fraction of sp³-hybridized carbons (Fsp3) is 0.462. The first-order valence-electron chi connectivity index (χ1n) is 5.87. The normalized spacial score (nSPS) is 20.0. The molecule has 0 N–H and O–H groups in total. The van der Waals surface area contributed by atoms with Gasteiger partial charge in [0.2, 0.25) is 0 Å². The van der Waals surface area contributed by atoms with E-state index in [0.29, 0.717) is 5.92 Å². The van der Waals surface area contributed by atoms with Gasteiger partial charge in [-0.25, -0.2) is 4.21 Å². The molecule has 0 aliphatic heterocycles. The summed E-state index contributed by atoms with van der Waals surface area (Å²) in [6, 6.07) is 9.42. The molecular formula is C13H17NOS. The molecule has 86 valence electrons. The second-order valence-electron chi connectivity index (χ2n) is 4.21. The van der Waals surface area contributed by atoms with E-state index < -0.39 is 11.0 Å². The summed E-state index contributed by atoms with van der Waals surface area (Å²) in [7, 11) is -1.22. The van der Waals surface area contributed by atoms with Crippen LogP contribution in [0.25, 0.3) is 0 Å². The van der Waals surface area contributed by atoms with E-state index >= 15 is 0 Å². The summed E-state index contributed by atoms with van der Waals surface area (Å²) < 4.78 is 16.0. The first-order valence-corrected chi connectivity index (χ1v) is 6.98. The third kappa shape index (κ3) is 3.27. The van der Waals surface area contributed by atoms with Crippen LogP contribution in [0.3, 0.4) is 0 Å². The average Bonchev–Trinajstić information content (AvgIpc) is 2.38. The van der Waals surface area contributed by atoms with Crippen molar-refractivity contribution in [2.75, 3.05) is 0 Å². The maximum Gasteiger partial charge on any atom is 0.172 e. The minimum atomic E-state index is -1.22.